The highest BCUT2D eigenvalue weighted by Crippen LogP contribution is 2.45. The minimum Gasteiger partial charge on any atom is -0.371 e. The Labute approximate surface area is 201 Å². The predicted molar refractivity (Wildman–Crippen MR) is 121 cm³/mol. The van der Waals surface area contributed by atoms with E-state index in [1.807, 2.05) is 4.90 Å². The molecule has 0 aliphatic carbocycles. The number of likely N-dealkylation sites (tertiary alicyclic amines) is 1. The molecule has 1 atom stereocenters. The van der Waals surface area contributed by atoms with Crippen LogP contribution in [0.1, 0.15) is 41.0 Å². The number of nitriles is 1. The van der Waals surface area contributed by atoms with E-state index in [2.05, 4.69) is 4.98 Å². The van der Waals surface area contributed by atoms with Crippen molar-refractivity contribution in [1.29, 1.82) is 5.26 Å². The molecule has 8 nitrogen and oxygen atoms in total. The summed E-state index contributed by atoms with van der Waals surface area (Å²) in [5.74, 6) is -0.207. The average Bonchev–Trinajstić information content (AvgIpc) is 3.41. The third-order valence-corrected chi connectivity index (χ3v) is 7.13. The van der Waals surface area contributed by atoms with Gasteiger partial charge in [0.25, 0.3) is 5.91 Å². The molecule has 1 spiro atoms. The molecule has 0 radical (unpaired) electrons. The van der Waals surface area contributed by atoms with E-state index in [1.54, 1.807) is 42.9 Å². The molecule has 4 rings (SSSR count). The van der Waals surface area contributed by atoms with Crippen molar-refractivity contribution in [3.8, 4) is 6.07 Å². The zero-order valence-corrected chi connectivity index (χ0v) is 19.8. The molecule has 0 bridgehead atoms. The van der Waals surface area contributed by atoms with Gasteiger partial charge in [-0.3, -0.25) is 9.59 Å². The van der Waals surface area contributed by atoms with Crippen LogP contribution in [0.4, 0.5) is 18.9 Å². The Balaban J connectivity index is 1.55. The number of amides is 2. The van der Waals surface area contributed by atoms with Gasteiger partial charge in [-0.2, -0.15) is 18.4 Å². The van der Waals surface area contributed by atoms with Crippen LogP contribution in [-0.4, -0.2) is 70.9 Å². The lowest BCUT2D eigenvalue weighted by Crippen LogP contribution is -2.46. The smallest absolute Gasteiger partial charge is 0.371 e. The number of alkyl halides is 3. The van der Waals surface area contributed by atoms with Crippen molar-refractivity contribution in [2.75, 3.05) is 38.6 Å². The molecule has 2 fully saturated rings. The molecule has 2 saturated heterocycles. The van der Waals surface area contributed by atoms with Gasteiger partial charge >= 0.3 is 6.18 Å². The van der Waals surface area contributed by atoms with E-state index < -0.39 is 23.3 Å². The van der Waals surface area contributed by atoms with E-state index in [-0.39, 0.29) is 23.1 Å². The summed E-state index contributed by atoms with van der Waals surface area (Å²) < 4.78 is 41.9. The summed E-state index contributed by atoms with van der Waals surface area (Å²) in [6.07, 6.45) is 0.330. The number of aryl methyl sites for hydroxylation is 1. The number of imidazole rings is 1. The van der Waals surface area contributed by atoms with Gasteiger partial charge in [0.15, 0.2) is 5.82 Å². The molecule has 2 aliphatic rings. The first-order valence-electron chi connectivity index (χ1n) is 11.3. The van der Waals surface area contributed by atoms with E-state index in [9.17, 15) is 22.8 Å². The number of carbonyl (C=O) groups excluding carboxylic acids is 2. The molecular formula is C24H27F3N6O2. The highest BCUT2D eigenvalue weighted by atomic mass is 19.4. The van der Waals surface area contributed by atoms with Gasteiger partial charge in [0, 0.05) is 58.9 Å². The minimum atomic E-state index is -4.62. The van der Waals surface area contributed by atoms with Crippen LogP contribution < -0.4 is 4.90 Å². The van der Waals surface area contributed by atoms with Crippen molar-refractivity contribution in [3.63, 3.8) is 0 Å². The SMILES string of the molecule is CN(C)C(=O)C1CC2(CCN(c3ccc(C#N)c(C(F)(F)F)c3)CC2)CN1C(=O)c1nccn1C. The average molecular weight is 489 g/mol. The lowest BCUT2D eigenvalue weighted by molar-refractivity contribution is -0.137. The van der Waals surface area contributed by atoms with Crippen LogP contribution in [0.25, 0.3) is 0 Å². The molecule has 35 heavy (non-hydrogen) atoms. The topological polar surface area (TPSA) is 85.5 Å². The van der Waals surface area contributed by atoms with Gasteiger partial charge in [-0.25, -0.2) is 4.98 Å². The van der Waals surface area contributed by atoms with Gasteiger partial charge in [-0.05, 0) is 42.9 Å². The second kappa shape index (κ2) is 8.91. The fourth-order valence-electron chi connectivity index (χ4n) is 5.15. The number of carbonyl (C=O) groups is 2. The predicted octanol–water partition coefficient (Wildman–Crippen LogP) is 2.90. The van der Waals surface area contributed by atoms with Gasteiger partial charge in [-0.15, -0.1) is 0 Å². The molecule has 11 heteroatoms. The fourth-order valence-corrected chi connectivity index (χ4v) is 5.15. The summed E-state index contributed by atoms with van der Waals surface area (Å²) in [7, 11) is 5.03. The molecule has 0 N–H and O–H groups in total. The number of piperidine rings is 1. The summed E-state index contributed by atoms with van der Waals surface area (Å²) in [5, 5.41) is 9.05. The molecule has 1 aromatic carbocycles. The Morgan fingerprint density at radius 1 is 1.23 bits per heavy atom. The van der Waals surface area contributed by atoms with Gasteiger partial charge in [0.05, 0.1) is 17.2 Å². The zero-order chi connectivity index (χ0) is 25.5. The van der Waals surface area contributed by atoms with E-state index in [4.69, 9.17) is 5.26 Å². The van der Waals surface area contributed by atoms with Gasteiger partial charge in [-0.1, -0.05) is 0 Å². The Kier molecular flexibility index (Phi) is 6.25. The van der Waals surface area contributed by atoms with Crippen LogP contribution >= 0.6 is 0 Å². The second-order valence-corrected chi connectivity index (χ2v) is 9.57. The van der Waals surface area contributed by atoms with Gasteiger partial charge in [0.2, 0.25) is 5.91 Å². The van der Waals surface area contributed by atoms with Crippen molar-refractivity contribution in [1.82, 2.24) is 19.4 Å². The van der Waals surface area contributed by atoms with Gasteiger partial charge in [0.1, 0.15) is 6.04 Å². The first-order valence-corrected chi connectivity index (χ1v) is 11.3. The molecule has 186 valence electrons. The lowest BCUT2D eigenvalue weighted by atomic mass is 9.76. The van der Waals surface area contributed by atoms with Gasteiger partial charge < -0.3 is 19.3 Å². The number of nitrogens with zero attached hydrogens (tertiary/aromatic N) is 6. The summed E-state index contributed by atoms with van der Waals surface area (Å²) in [6.45, 7) is 1.35. The number of halogens is 3. The fraction of sp³-hybridized carbons (Fsp3) is 0.500. The molecule has 2 aromatic rings. The van der Waals surface area contributed by atoms with Crippen molar-refractivity contribution < 1.29 is 22.8 Å². The minimum absolute atomic E-state index is 0.159. The number of aromatic nitrogens is 2. The lowest BCUT2D eigenvalue weighted by Gasteiger charge is -2.40. The Bertz CT molecular complexity index is 1170. The van der Waals surface area contributed by atoms with Crippen molar-refractivity contribution in [2.45, 2.75) is 31.5 Å². The molecule has 2 amide bonds. The summed E-state index contributed by atoms with van der Waals surface area (Å²) in [5.41, 5.74) is -1.25. The van der Waals surface area contributed by atoms with Crippen LogP contribution in [0, 0.1) is 16.7 Å². The number of rotatable bonds is 3. The van der Waals surface area contributed by atoms with Crippen molar-refractivity contribution in [2.24, 2.45) is 12.5 Å². The third-order valence-electron chi connectivity index (χ3n) is 7.13. The largest absolute Gasteiger partial charge is 0.417 e. The van der Waals surface area contributed by atoms with Crippen LogP contribution in [0.3, 0.4) is 0 Å². The molecule has 0 saturated carbocycles. The Hall–Kier alpha value is -3.55. The summed E-state index contributed by atoms with van der Waals surface area (Å²) >= 11 is 0. The van der Waals surface area contributed by atoms with E-state index in [1.165, 1.54) is 23.2 Å². The second-order valence-electron chi connectivity index (χ2n) is 9.57. The van der Waals surface area contributed by atoms with Crippen molar-refractivity contribution >= 4 is 17.5 Å². The molecule has 1 aromatic heterocycles. The molecule has 3 heterocycles. The number of hydrogen-bond acceptors (Lipinski definition) is 5. The number of benzene rings is 1. The summed E-state index contributed by atoms with van der Waals surface area (Å²) in [6, 6.07) is 4.76. The number of anilines is 1. The van der Waals surface area contributed by atoms with Crippen LogP contribution in [0.2, 0.25) is 0 Å². The molecule has 2 aliphatic heterocycles. The maximum atomic E-state index is 13.4. The first-order chi connectivity index (χ1) is 16.5. The highest BCUT2D eigenvalue weighted by molar-refractivity contribution is 5.95. The Morgan fingerprint density at radius 2 is 1.91 bits per heavy atom. The number of likely N-dealkylation sites (N-methyl/N-ethyl adjacent to an activating group) is 1. The maximum absolute atomic E-state index is 13.4. The van der Waals surface area contributed by atoms with E-state index >= 15 is 0 Å². The molecular weight excluding hydrogens is 461 g/mol. The highest BCUT2D eigenvalue weighted by Gasteiger charge is 2.50. The van der Waals surface area contributed by atoms with Crippen LogP contribution in [0.15, 0.2) is 30.6 Å². The Morgan fingerprint density at radius 3 is 2.46 bits per heavy atom. The van der Waals surface area contributed by atoms with Crippen molar-refractivity contribution in [3.05, 3.63) is 47.5 Å². The standard InChI is InChI=1S/C24H27F3N6O2/c1-30(2)21(34)19-13-23(15-33(19)22(35)20-29-8-11-31(20)3)6-9-32(10-7-23)17-5-4-16(14-28)18(12-17)24(25,26)27/h4-5,8,11-12,19H,6-7,9-10,13,15H2,1-3H3. The monoisotopic (exact) mass is 488 g/mol. The van der Waals surface area contributed by atoms with E-state index in [0.717, 1.165) is 6.07 Å². The quantitative estimate of drug-likeness (QED) is 0.663. The van der Waals surface area contributed by atoms with Crippen LogP contribution in [0.5, 0.6) is 0 Å². The molecule has 1 unspecified atom stereocenters. The maximum Gasteiger partial charge on any atom is 0.417 e. The normalized spacial score (nSPS) is 19.6. The third kappa shape index (κ3) is 4.57. The van der Waals surface area contributed by atoms with Crippen LogP contribution in [-0.2, 0) is 18.0 Å². The summed E-state index contributed by atoms with van der Waals surface area (Å²) in [4.78, 5) is 35.4. The zero-order valence-electron chi connectivity index (χ0n) is 19.8. The first kappa shape index (κ1) is 24.6. The van der Waals surface area contributed by atoms with E-state index in [0.29, 0.717) is 44.6 Å². The number of hydrogen-bond donors (Lipinski definition) is 0.